The Morgan fingerprint density at radius 2 is 1.75 bits per heavy atom. The molecular weight excluding hydrogens is 244 g/mol. The van der Waals surface area contributed by atoms with Crippen LogP contribution in [-0.4, -0.2) is 26.9 Å². The minimum Gasteiger partial charge on any atom is -0.378 e. The van der Waals surface area contributed by atoms with E-state index in [4.69, 9.17) is 0 Å². The Morgan fingerprint density at radius 1 is 1.00 bits per heavy atom. The van der Waals surface area contributed by atoms with Crippen molar-refractivity contribution in [2.45, 2.75) is 0 Å². The van der Waals surface area contributed by atoms with E-state index in [9.17, 15) is 0 Å². The molecule has 0 fully saturated rings. The van der Waals surface area contributed by atoms with E-state index in [1.807, 2.05) is 6.21 Å². The monoisotopic (exact) mass is 262 g/mol. The summed E-state index contributed by atoms with van der Waals surface area (Å²) in [5.74, 6) is 0. The smallest absolute Gasteiger partial charge is 0.0646 e. The first-order chi connectivity index (χ1) is 9.74. The van der Waals surface area contributed by atoms with E-state index >= 15 is 0 Å². The fourth-order valence-corrected chi connectivity index (χ4v) is 2.42. The second-order valence-electron chi connectivity index (χ2n) is 5.21. The van der Waals surface area contributed by atoms with Crippen LogP contribution in [0.25, 0.3) is 11.6 Å². The van der Waals surface area contributed by atoms with Crippen molar-refractivity contribution in [1.82, 2.24) is 0 Å². The number of hydrogen-bond acceptors (Lipinski definition) is 2. The van der Waals surface area contributed by atoms with E-state index in [2.05, 4.69) is 78.6 Å². The summed E-state index contributed by atoms with van der Waals surface area (Å²) in [5.41, 5.74) is 6.21. The van der Waals surface area contributed by atoms with Crippen LogP contribution in [0.3, 0.4) is 0 Å². The molecule has 2 heteroatoms. The Kier molecular flexibility index (Phi) is 3.38. The lowest BCUT2D eigenvalue weighted by Crippen LogP contribution is -2.08. The van der Waals surface area contributed by atoms with Gasteiger partial charge in [-0.1, -0.05) is 36.4 Å². The zero-order chi connectivity index (χ0) is 13.9. The fourth-order valence-electron chi connectivity index (χ4n) is 2.42. The van der Waals surface area contributed by atoms with Crippen LogP contribution in [0.1, 0.15) is 16.7 Å². The van der Waals surface area contributed by atoms with E-state index in [0.29, 0.717) is 0 Å². The number of fused-ring (bicyclic) bond motifs is 1. The van der Waals surface area contributed by atoms with Crippen molar-refractivity contribution in [3.63, 3.8) is 0 Å². The first-order valence-corrected chi connectivity index (χ1v) is 6.81. The van der Waals surface area contributed by atoms with Gasteiger partial charge in [-0.25, -0.2) is 0 Å². The van der Waals surface area contributed by atoms with E-state index in [-0.39, 0.29) is 0 Å². The summed E-state index contributed by atoms with van der Waals surface area (Å²) in [6.07, 6.45) is 4.19. The van der Waals surface area contributed by atoms with Crippen molar-refractivity contribution in [2.75, 3.05) is 25.5 Å². The maximum absolute atomic E-state index is 4.44. The highest BCUT2D eigenvalue weighted by molar-refractivity contribution is 5.96. The van der Waals surface area contributed by atoms with Crippen LogP contribution in [-0.2, 0) is 0 Å². The molecule has 0 saturated carbocycles. The van der Waals surface area contributed by atoms with Crippen LogP contribution < -0.4 is 4.90 Å². The summed E-state index contributed by atoms with van der Waals surface area (Å²) in [6.45, 7) is 0.756. The maximum Gasteiger partial charge on any atom is 0.0646 e. The molecule has 0 N–H and O–H groups in total. The van der Waals surface area contributed by atoms with E-state index in [1.54, 1.807) is 0 Å². The lowest BCUT2D eigenvalue weighted by molar-refractivity contribution is 1.13. The van der Waals surface area contributed by atoms with Gasteiger partial charge in [0.25, 0.3) is 0 Å². The summed E-state index contributed by atoms with van der Waals surface area (Å²) in [5, 5.41) is 0. The van der Waals surface area contributed by atoms with Crippen LogP contribution in [0, 0.1) is 0 Å². The zero-order valence-electron chi connectivity index (χ0n) is 11.9. The molecule has 1 aliphatic heterocycles. The first kappa shape index (κ1) is 12.7. The van der Waals surface area contributed by atoms with Gasteiger partial charge in [-0.3, -0.25) is 4.99 Å². The molecule has 0 aromatic heterocycles. The van der Waals surface area contributed by atoms with Gasteiger partial charge in [0, 0.05) is 26.0 Å². The Labute approximate surface area is 120 Å². The zero-order valence-corrected chi connectivity index (χ0v) is 11.9. The summed E-state index contributed by atoms with van der Waals surface area (Å²) >= 11 is 0. The van der Waals surface area contributed by atoms with Crippen LogP contribution in [0.15, 0.2) is 53.5 Å². The van der Waals surface area contributed by atoms with Gasteiger partial charge in [-0.15, -0.1) is 0 Å². The van der Waals surface area contributed by atoms with Crippen molar-refractivity contribution in [2.24, 2.45) is 4.99 Å². The highest BCUT2D eigenvalue weighted by Gasteiger charge is 2.09. The van der Waals surface area contributed by atoms with E-state index in [1.165, 1.54) is 28.0 Å². The fraction of sp³-hybridized carbons (Fsp3) is 0.167. The molecule has 0 radical (unpaired) electrons. The van der Waals surface area contributed by atoms with Gasteiger partial charge in [0.2, 0.25) is 0 Å². The van der Waals surface area contributed by atoms with Gasteiger partial charge >= 0.3 is 0 Å². The molecule has 3 rings (SSSR count). The van der Waals surface area contributed by atoms with Gasteiger partial charge in [0.15, 0.2) is 0 Å². The Balaban J connectivity index is 1.95. The van der Waals surface area contributed by atoms with E-state index in [0.717, 1.165) is 6.54 Å². The molecular formula is C18H18N2. The normalized spacial score (nSPS) is 15.2. The molecule has 20 heavy (non-hydrogen) atoms. The third-order valence-corrected chi connectivity index (χ3v) is 3.55. The van der Waals surface area contributed by atoms with Crippen LogP contribution >= 0.6 is 0 Å². The second kappa shape index (κ2) is 5.33. The average molecular weight is 262 g/mol. The molecule has 0 saturated heterocycles. The quantitative estimate of drug-likeness (QED) is 0.805. The van der Waals surface area contributed by atoms with E-state index < -0.39 is 0 Å². The van der Waals surface area contributed by atoms with Crippen LogP contribution in [0.4, 0.5) is 5.69 Å². The maximum atomic E-state index is 4.44. The number of rotatable bonds is 2. The molecule has 0 aliphatic carbocycles. The molecule has 2 aromatic carbocycles. The predicted molar refractivity (Wildman–Crippen MR) is 87.5 cm³/mol. The summed E-state index contributed by atoms with van der Waals surface area (Å²) in [7, 11) is 4.11. The highest BCUT2D eigenvalue weighted by atomic mass is 15.1. The standard InChI is InChI=1S/C18H18N2/c1-20(2)17-9-7-14(8-10-17)11-16-13-19-12-15-5-3-4-6-18(15)16/h3-12H,13H2,1-2H3/b16-11-. The minimum atomic E-state index is 0.756. The SMILES string of the molecule is CN(C)c1ccc(/C=C2/CN=Cc3ccccc32)cc1. The number of aliphatic imine (C=N–C) groups is 1. The summed E-state index contributed by atoms with van der Waals surface area (Å²) < 4.78 is 0. The van der Waals surface area contributed by atoms with Gasteiger partial charge in [0.1, 0.15) is 0 Å². The van der Waals surface area contributed by atoms with Gasteiger partial charge in [-0.05, 0) is 40.5 Å². The molecule has 0 spiro atoms. The lowest BCUT2D eigenvalue weighted by Gasteiger charge is -2.14. The topological polar surface area (TPSA) is 15.6 Å². The van der Waals surface area contributed by atoms with Crippen molar-refractivity contribution in [3.8, 4) is 0 Å². The third-order valence-electron chi connectivity index (χ3n) is 3.55. The molecule has 0 atom stereocenters. The average Bonchev–Trinajstić information content (AvgIpc) is 2.48. The van der Waals surface area contributed by atoms with Gasteiger partial charge in [-0.2, -0.15) is 0 Å². The first-order valence-electron chi connectivity index (χ1n) is 6.81. The number of benzene rings is 2. The molecule has 1 aliphatic rings. The number of anilines is 1. The number of nitrogens with zero attached hydrogens (tertiary/aromatic N) is 2. The Morgan fingerprint density at radius 3 is 2.50 bits per heavy atom. The molecule has 0 amide bonds. The molecule has 0 bridgehead atoms. The van der Waals surface area contributed by atoms with Gasteiger partial charge in [0.05, 0.1) is 6.54 Å². The molecule has 2 nitrogen and oxygen atoms in total. The number of hydrogen-bond donors (Lipinski definition) is 0. The van der Waals surface area contributed by atoms with Crippen molar-refractivity contribution in [1.29, 1.82) is 0 Å². The summed E-state index contributed by atoms with van der Waals surface area (Å²) in [6, 6.07) is 17.0. The predicted octanol–water partition coefficient (Wildman–Crippen LogP) is 3.73. The lowest BCUT2D eigenvalue weighted by atomic mass is 9.96. The van der Waals surface area contributed by atoms with Gasteiger partial charge < -0.3 is 4.90 Å². The van der Waals surface area contributed by atoms with Crippen LogP contribution in [0.2, 0.25) is 0 Å². The Hall–Kier alpha value is -2.35. The van der Waals surface area contributed by atoms with Crippen molar-refractivity contribution in [3.05, 3.63) is 65.2 Å². The molecule has 2 aromatic rings. The van der Waals surface area contributed by atoms with Crippen molar-refractivity contribution >= 4 is 23.6 Å². The molecule has 100 valence electrons. The Bertz CT molecular complexity index is 664. The largest absolute Gasteiger partial charge is 0.378 e. The summed E-state index contributed by atoms with van der Waals surface area (Å²) in [4.78, 5) is 6.55. The van der Waals surface area contributed by atoms with Crippen LogP contribution in [0.5, 0.6) is 0 Å². The minimum absolute atomic E-state index is 0.756. The second-order valence-corrected chi connectivity index (χ2v) is 5.21. The molecule has 0 unspecified atom stereocenters. The highest BCUT2D eigenvalue weighted by Crippen LogP contribution is 2.25. The third kappa shape index (κ3) is 2.50. The molecule has 1 heterocycles. The van der Waals surface area contributed by atoms with Crippen molar-refractivity contribution < 1.29 is 0 Å².